The Kier molecular flexibility index (Phi) is 5.49. The monoisotopic (exact) mass is 258 g/mol. The van der Waals surface area contributed by atoms with E-state index in [9.17, 15) is 9.90 Å². The van der Waals surface area contributed by atoms with Gasteiger partial charge in [-0.2, -0.15) is 0 Å². The Bertz CT molecular complexity index is 378. The van der Waals surface area contributed by atoms with Crippen molar-refractivity contribution in [2.75, 3.05) is 7.05 Å². The van der Waals surface area contributed by atoms with Crippen molar-refractivity contribution in [1.29, 1.82) is 5.40 Å². The number of guanidine groups is 1. The molecule has 5 nitrogen and oxygen atoms in total. The van der Waals surface area contributed by atoms with Crippen molar-refractivity contribution in [3.8, 4) is 0 Å². The molecule has 0 aliphatic rings. The van der Waals surface area contributed by atoms with Crippen LogP contribution in [0, 0.1) is 17.2 Å². The molecule has 0 amide bonds. The van der Waals surface area contributed by atoms with E-state index in [2.05, 4.69) is 12.0 Å². The number of hydrogen-bond donors (Lipinski definition) is 4. The molecule has 3 atom stereocenters. The molecule has 0 radical (unpaired) electrons. The lowest BCUT2D eigenvalue weighted by atomic mass is 9.86. The second-order valence-electron chi connectivity index (χ2n) is 4.56. The highest BCUT2D eigenvalue weighted by molar-refractivity contribution is 5.83. The van der Waals surface area contributed by atoms with E-state index in [0.717, 1.165) is 12.8 Å². The highest BCUT2D eigenvalue weighted by Crippen LogP contribution is 2.21. The lowest BCUT2D eigenvalue weighted by Crippen LogP contribution is -2.46. The molecule has 0 heterocycles. The third-order valence-corrected chi connectivity index (χ3v) is 3.15. The molecule has 4 N–H and O–H groups in total. The summed E-state index contributed by atoms with van der Waals surface area (Å²) < 4.78 is 22.2. The fourth-order valence-electron chi connectivity index (χ4n) is 1.66. The molecule has 0 spiro atoms. The van der Waals surface area contributed by atoms with Crippen LogP contribution in [0.15, 0.2) is 12.7 Å². The van der Waals surface area contributed by atoms with Crippen LogP contribution in [0.2, 0.25) is 4.24 Å². The molecule has 0 aromatic rings. The average molecular weight is 258 g/mol. The van der Waals surface area contributed by atoms with Crippen molar-refractivity contribution in [2.24, 2.45) is 11.8 Å². The summed E-state index contributed by atoms with van der Waals surface area (Å²) in [5, 5.41) is 13.7. The minimum absolute atomic E-state index is 0.0851. The van der Waals surface area contributed by atoms with E-state index in [4.69, 9.17) is 4.24 Å². The summed E-state index contributed by atoms with van der Waals surface area (Å²) in [5.41, 5.74) is 0. The number of carboxylic acids is 1. The Morgan fingerprint density at radius 1 is 1.61 bits per heavy atom. The number of carbonyl (C=O) groups is 1. The Morgan fingerprint density at radius 3 is 2.72 bits per heavy atom. The van der Waals surface area contributed by atoms with E-state index in [0.29, 0.717) is 16.5 Å². The zero-order chi connectivity index (χ0) is 16.6. The number of hydrogen-bond acceptors (Lipinski definition) is 2. The molecule has 0 aromatic heterocycles. The maximum atomic E-state index is 11.4. The third kappa shape index (κ3) is 6.27. The summed E-state index contributed by atoms with van der Waals surface area (Å²) in [7, 11) is 1.30. The van der Waals surface area contributed by atoms with Crippen LogP contribution < -0.4 is 10.6 Å². The topological polar surface area (TPSA) is 85.2 Å². The Balaban J connectivity index is 4.91. The van der Waals surface area contributed by atoms with E-state index in [1.165, 1.54) is 7.05 Å². The summed E-state index contributed by atoms with van der Waals surface area (Å²) in [6.45, 7) is 7.65. The number of allylic oxidation sites excluding steroid dienone is 1. The standard InChI is InChI=1S/C13H25N3O2/c1-5-6-7-9(2)10(3)8-11(12(17)18)16-13(14)15-4/h5,9-11H,1,6-8H2,2-4H3,(H,17,18)(H3,14,15,16)/t9-,10+,11?/m0/s1/i/hD3. The number of carboxylic acid groups (broad SMARTS) is 1. The molecule has 0 rings (SSSR count). The van der Waals surface area contributed by atoms with Crippen molar-refractivity contribution >= 4 is 11.9 Å². The second kappa shape index (κ2) is 8.55. The number of rotatable bonds is 8. The lowest BCUT2D eigenvalue weighted by molar-refractivity contribution is -0.139. The van der Waals surface area contributed by atoms with Crippen molar-refractivity contribution < 1.29 is 14.1 Å². The summed E-state index contributed by atoms with van der Waals surface area (Å²) in [6, 6.07) is -1.14. The largest absolute Gasteiger partial charge is 0.480 e. The zero-order valence-electron chi connectivity index (χ0n) is 14.3. The first kappa shape index (κ1) is 11.6. The predicted octanol–water partition coefficient (Wildman–Crippen LogP) is 1.81. The SMILES string of the molecule is [2H]N=C(N([2H])C)N([2H])C(C[C@@H](C)[C@@H](C)CCC=C)C(=O)O. The molecule has 0 aliphatic carbocycles. The van der Waals surface area contributed by atoms with E-state index >= 15 is 0 Å². The maximum absolute atomic E-state index is 11.4. The highest BCUT2D eigenvalue weighted by Gasteiger charge is 2.23. The van der Waals surface area contributed by atoms with Gasteiger partial charge < -0.3 is 15.7 Å². The molecule has 0 aromatic carbocycles. The van der Waals surface area contributed by atoms with Gasteiger partial charge in [0.05, 0.1) is 0 Å². The fourth-order valence-corrected chi connectivity index (χ4v) is 1.66. The minimum atomic E-state index is -1.16. The Morgan fingerprint density at radius 2 is 2.28 bits per heavy atom. The summed E-state index contributed by atoms with van der Waals surface area (Å²) in [4.78, 5) is 11.4. The van der Waals surface area contributed by atoms with Gasteiger partial charge in [0.1, 0.15) is 6.04 Å². The van der Waals surface area contributed by atoms with E-state index in [1.54, 1.807) is 0 Å². The smallest absolute Gasteiger partial charge is 0.326 e. The van der Waals surface area contributed by atoms with Crippen LogP contribution in [0.4, 0.5) is 0 Å². The second-order valence-corrected chi connectivity index (χ2v) is 4.56. The van der Waals surface area contributed by atoms with Crippen molar-refractivity contribution in [3.63, 3.8) is 0 Å². The van der Waals surface area contributed by atoms with Crippen molar-refractivity contribution in [2.45, 2.75) is 39.2 Å². The molecule has 0 bridgehead atoms. The molecule has 0 aliphatic heterocycles. The summed E-state index contributed by atoms with van der Waals surface area (Å²) >= 11 is 0. The van der Waals surface area contributed by atoms with E-state index < -0.39 is 12.0 Å². The van der Waals surface area contributed by atoms with Crippen LogP contribution in [0.3, 0.4) is 0 Å². The van der Waals surface area contributed by atoms with Crippen molar-refractivity contribution in [3.05, 3.63) is 12.7 Å². The summed E-state index contributed by atoms with van der Waals surface area (Å²) in [6.07, 6.45) is 3.86. The van der Waals surface area contributed by atoms with Gasteiger partial charge in [-0.05, 0) is 31.1 Å². The zero-order valence-corrected chi connectivity index (χ0v) is 11.3. The Hall–Kier alpha value is -1.52. The molecule has 104 valence electrons. The lowest BCUT2D eigenvalue weighted by Gasteiger charge is -2.24. The first-order valence-corrected chi connectivity index (χ1v) is 6.12. The van der Waals surface area contributed by atoms with E-state index in [-0.39, 0.29) is 18.3 Å². The van der Waals surface area contributed by atoms with Crippen LogP contribution in [-0.2, 0) is 4.79 Å². The van der Waals surface area contributed by atoms with Gasteiger partial charge in [-0.25, -0.2) is 4.79 Å². The van der Waals surface area contributed by atoms with Gasteiger partial charge >= 0.3 is 5.97 Å². The first-order chi connectivity index (χ1) is 9.76. The fraction of sp³-hybridized carbons (Fsp3) is 0.692. The molecule has 0 saturated carbocycles. The summed E-state index contributed by atoms with van der Waals surface area (Å²) in [5.74, 6) is -1.10. The molecule has 0 saturated heterocycles. The molecule has 18 heavy (non-hydrogen) atoms. The van der Waals surface area contributed by atoms with Gasteiger partial charge in [0, 0.05) is 7.05 Å². The van der Waals surface area contributed by atoms with Gasteiger partial charge in [-0.3, -0.25) is 5.40 Å². The highest BCUT2D eigenvalue weighted by atomic mass is 16.4. The van der Waals surface area contributed by atoms with Gasteiger partial charge in [-0.15, -0.1) is 6.58 Å². The van der Waals surface area contributed by atoms with Gasteiger partial charge in [-0.1, -0.05) is 19.9 Å². The molecular weight excluding hydrogens is 230 g/mol. The van der Waals surface area contributed by atoms with Gasteiger partial charge in [0.2, 0.25) is 0 Å². The maximum Gasteiger partial charge on any atom is 0.326 e. The van der Waals surface area contributed by atoms with Crippen LogP contribution in [0.5, 0.6) is 0 Å². The van der Waals surface area contributed by atoms with Gasteiger partial charge in [0.25, 0.3) is 0 Å². The quantitative estimate of drug-likeness (QED) is 0.304. The molecule has 1 unspecified atom stereocenters. The van der Waals surface area contributed by atoms with E-state index in [1.807, 2.05) is 19.9 Å². The molecule has 5 heteroatoms. The van der Waals surface area contributed by atoms with Crippen LogP contribution >= 0.6 is 0 Å². The first-order valence-electron chi connectivity index (χ1n) is 7.46. The third-order valence-electron chi connectivity index (χ3n) is 3.15. The Labute approximate surface area is 114 Å². The average Bonchev–Trinajstić information content (AvgIpc) is 2.41. The minimum Gasteiger partial charge on any atom is -0.480 e. The normalized spacial score (nSPS) is 18.8. The molecular formula is C13H25N3O2. The number of aliphatic carboxylic acids is 1. The predicted molar refractivity (Wildman–Crippen MR) is 73.7 cm³/mol. The van der Waals surface area contributed by atoms with Crippen molar-refractivity contribution in [1.82, 2.24) is 10.6 Å². The van der Waals surface area contributed by atoms with Crippen LogP contribution in [-0.4, -0.2) is 30.1 Å². The number of nitrogens with one attached hydrogen (secondary N) is 3. The van der Waals surface area contributed by atoms with Crippen LogP contribution in [0.1, 0.15) is 33.1 Å². The molecule has 0 fully saturated rings. The van der Waals surface area contributed by atoms with Gasteiger partial charge in [0.15, 0.2) is 10.2 Å². The van der Waals surface area contributed by atoms with Crippen LogP contribution in [0.25, 0.3) is 0 Å².